The largest absolute Gasteiger partial charge is 0.493 e. The Labute approximate surface area is 126 Å². The molecular formula is C16H25N3O2. The van der Waals surface area contributed by atoms with Gasteiger partial charge in [0.05, 0.1) is 25.3 Å². The van der Waals surface area contributed by atoms with Gasteiger partial charge >= 0.3 is 0 Å². The lowest BCUT2D eigenvalue weighted by atomic mass is 10.2. The van der Waals surface area contributed by atoms with Crippen LogP contribution in [0.4, 0.5) is 0 Å². The van der Waals surface area contributed by atoms with Crippen molar-refractivity contribution in [3.8, 4) is 11.5 Å². The molecule has 1 aromatic carbocycles. The van der Waals surface area contributed by atoms with Gasteiger partial charge in [-0.25, -0.2) is 4.98 Å². The maximum absolute atomic E-state index is 5.60. The minimum absolute atomic E-state index is 0.722. The molecule has 5 nitrogen and oxygen atoms in total. The summed E-state index contributed by atoms with van der Waals surface area (Å²) in [6, 6.07) is 3.97. The van der Waals surface area contributed by atoms with Crippen molar-refractivity contribution in [1.29, 1.82) is 0 Å². The number of aryl methyl sites for hydroxylation is 2. The van der Waals surface area contributed by atoms with Gasteiger partial charge in [0.15, 0.2) is 11.5 Å². The predicted molar refractivity (Wildman–Crippen MR) is 85.1 cm³/mol. The second kappa shape index (κ2) is 7.31. The molecule has 0 radical (unpaired) electrons. The summed E-state index contributed by atoms with van der Waals surface area (Å²) in [4.78, 5) is 4.76. The maximum atomic E-state index is 5.60. The van der Waals surface area contributed by atoms with Gasteiger partial charge in [-0.1, -0.05) is 6.92 Å². The number of hydrogen-bond donors (Lipinski definition) is 1. The molecule has 0 amide bonds. The molecule has 5 heteroatoms. The average Bonchev–Trinajstić information content (AvgIpc) is 2.83. The molecule has 0 fully saturated rings. The van der Waals surface area contributed by atoms with E-state index in [1.54, 1.807) is 14.2 Å². The van der Waals surface area contributed by atoms with E-state index in [-0.39, 0.29) is 0 Å². The molecule has 0 unspecified atom stereocenters. The van der Waals surface area contributed by atoms with Crippen LogP contribution in [0.3, 0.4) is 0 Å². The third-order valence-corrected chi connectivity index (χ3v) is 3.64. The summed E-state index contributed by atoms with van der Waals surface area (Å²) in [7, 11) is 3.31. The number of aromatic nitrogens is 2. The van der Waals surface area contributed by atoms with Crippen molar-refractivity contribution in [2.75, 3.05) is 20.8 Å². The first kappa shape index (κ1) is 15.6. The zero-order chi connectivity index (χ0) is 15.2. The number of hydrogen-bond acceptors (Lipinski definition) is 4. The van der Waals surface area contributed by atoms with Gasteiger partial charge in [-0.2, -0.15) is 0 Å². The topological polar surface area (TPSA) is 62.3 Å². The SMILES string of the molecule is CCCc1nc2cc(OC)c(OC)cc2n1CCCCN. The minimum atomic E-state index is 0.722. The van der Waals surface area contributed by atoms with Gasteiger partial charge in [-0.3, -0.25) is 0 Å². The first-order chi connectivity index (χ1) is 10.2. The van der Waals surface area contributed by atoms with Gasteiger partial charge in [0, 0.05) is 25.1 Å². The third-order valence-electron chi connectivity index (χ3n) is 3.64. The van der Waals surface area contributed by atoms with Crippen molar-refractivity contribution in [2.45, 2.75) is 39.2 Å². The molecule has 2 N–H and O–H groups in total. The number of fused-ring (bicyclic) bond motifs is 1. The van der Waals surface area contributed by atoms with Crippen LogP contribution < -0.4 is 15.2 Å². The van der Waals surface area contributed by atoms with E-state index in [1.807, 2.05) is 12.1 Å². The Kier molecular flexibility index (Phi) is 5.44. The lowest BCUT2D eigenvalue weighted by Gasteiger charge is -2.10. The molecule has 0 saturated carbocycles. The van der Waals surface area contributed by atoms with Gasteiger partial charge in [-0.15, -0.1) is 0 Å². The molecule has 0 aliphatic rings. The quantitative estimate of drug-likeness (QED) is 0.760. The van der Waals surface area contributed by atoms with Crippen LogP contribution in [0.1, 0.15) is 32.0 Å². The second-order valence-corrected chi connectivity index (χ2v) is 5.12. The summed E-state index contributed by atoms with van der Waals surface area (Å²) in [6.07, 6.45) is 4.14. The normalized spacial score (nSPS) is 11.0. The number of rotatable bonds is 8. The first-order valence-electron chi connectivity index (χ1n) is 7.56. The van der Waals surface area contributed by atoms with E-state index in [0.29, 0.717) is 0 Å². The van der Waals surface area contributed by atoms with Gasteiger partial charge in [-0.05, 0) is 25.8 Å². The number of benzene rings is 1. The van der Waals surface area contributed by atoms with E-state index in [2.05, 4.69) is 11.5 Å². The van der Waals surface area contributed by atoms with Crippen molar-refractivity contribution in [2.24, 2.45) is 5.73 Å². The van der Waals surface area contributed by atoms with E-state index in [0.717, 1.165) is 67.1 Å². The fourth-order valence-corrected chi connectivity index (χ4v) is 2.58. The Balaban J connectivity index is 2.47. The van der Waals surface area contributed by atoms with Crippen molar-refractivity contribution in [1.82, 2.24) is 9.55 Å². The Morgan fingerprint density at radius 2 is 1.86 bits per heavy atom. The predicted octanol–water partition coefficient (Wildman–Crippen LogP) is 2.74. The third kappa shape index (κ3) is 3.29. The number of ether oxygens (including phenoxy) is 2. The molecule has 0 spiro atoms. The second-order valence-electron chi connectivity index (χ2n) is 5.12. The summed E-state index contributed by atoms with van der Waals surface area (Å²) in [5, 5.41) is 0. The lowest BCUT2D eigenvalue weighted by Crippen LogP contribution is -2.06. The molecule has 0 saturated heterocycles. The highest BCUT2D eigenvalue weighted by Gasteiger charge is 2.14. The van der Waals surface area contributed by atoms with E-state index >= 15 is 0 Å². The fraction of sp³-hybridized carbons (Fsp3) is 0.562. The van der Waals surface area contributed by atoms with Crippen LogP contribution in [0.15, 0.2) is 12.1 Å². The Morgan fingerprint density at radius 1 is 1.14 bits per heavy atom. The zero-order valence-corrected chi connectivity index (χ0v) is 13.2. The van der Waals surface area contributed by atoms with Crippen molar-refractivity contribution in [3.05, 3.63) is 18.0 Å². The van der Waals surface area contributed by atoms with E-state index in [4.69, 9.17) is 20.2 Å². The van der Waals surface area contributed by atoms with Gasteiger partial charge in [0.2, 0.25) is 0 Å². The lowest BCUT2D eigenvalue weighted by molar-refractivity contribution is 0.355. The summed E-state index contributed by atoms with van der Waals surface area (Å²) >= 11 is 0. The minimum Gasteiger partial charge on any atom is -0.493 e. The molecule has 116 valence electrons. The van der Waals surface area contributed by atoms with Gasteiger partial charge < -0.3 is 19.8 Å². The number of unbranched alkanes of at least 4 members (excludes halogenated alkanes) is 1. The van der Waals surface area contributed by atoms with Crippen molar-refractivity contribution < 1.29 is 9.47 Å². The Hall–Kier alpha value is -1.75. The monoisotopic (exact) mass is 291 g/mol. The van der Waals surface area contributed by atoms with E-state index in [1.165, 1.54) is 0 Å². The van der Waals surface area contributed by atoms with Crippen molar-refractivity contribution in [3.63, 3.8) is 0 Å². The molecule has 0 aliphatic heterocycles. The van der Waals surface area contributed by atoms with E-state index in [9.17, 15) is 0 Å². The van der Waals surface area contributed by atoms with E-state index < -0.39 is 0 Å². The van der Waals surface area contributed by atoms with Crippen LogP contribution in [0.2, 0.25) is 0 Å². The smallest absolute Gasteiger partial charge is 0.163 e. The molecule has 0 atom stereocenters. The summed E-state index contributed by atoms with van der Waals surface area (Å²) in [5.41, 5.74) is 7.67. The number of methoxy groups -OCH3 is 2. The van der Waals surface area contributed by atoms with Crippen LogP contribution in [0.5, 0.6) is 11.5 Å². The molecular weight excluding hydrogens is 266 g/mol. The number of nitrogens with zero attached hydrogens (tertiary/aromatic N) is 2. The fourth-order valence-electron chi connectivity index (χ4n) is 2.58. The molecule has 1 heterocycles. The van der Waals surface area contributed by atoms with Crippen LogP contribution in [0, 0.1) is 0 Å². The molecule has 0 bridgehead atoms. The molecule has 0 aliphatic carbocycles. The van der Waals surface area contributed by atoms with Crippen LogP contribution in [0.25, 0.3) is 11.0 Å². The Bertz CT molecular complexity index is 593. The highest BCUT2D eigenvalue weighted by molar-refractivity contribution is 5.80. The molecule has 1 aromatic heterocycles. The highest BCUT2D eigenvalue weighted by Crippen LogP contribution is 2.32. The van der Waals surface area contributed by atoms with Crippen LogP contribution in [-0.2, 0) is 13.0 Å². The molecule has 2 aromatic rings. The van der Waals surface area contributed by atoms with Gasteiger partial charge in [0.1, 0.15) is 5.82 Å². The Morgan fingerprint density at radius 3 is 2.48 bits per heavy atom. The summed E-state index contributed by atoms with van der Waals surface area (Å²) < 4.78 is 13.1. The van der Waals surface area contributed by atoms with Crippen molar-refractivity contribution >= 4 is 11.0 Å². The number of nitrogens with two attached hydrogens (primary N) is 1. The molecule has 2 rings (SSSR count). The van der Waals surface area contributed by atoms with Crippen LogP contribution in [-0.4, -0.2) is 30.3 Å². The number of imidazole rings is 1. The first-order valence-corrected chi connectivity index (χ1v) is 7.56. The maximum Gasteiger partial charge on any atom is 0.163 e. The zero-order valence-electron chi connectivity index (χ0n) is 13.2. The van der Waals surface area contributed by atoms with Crippen LogP contribution >= 0.6 is 0 Å². The summed E-state index contributed by atoms with van der Waals surface area (Å²) in [5.74, 6) is 2.59. The average molecular weight is 291 g/mol. The highest BCUT2D eigenvalue weighted by atomic mass is 16.5. The van der Waals surface area contributed by atoms with Gasteiger partial charge in [0.25, 0.3) is 0 Å². The standard InChI is InChI=1S/C16H25N3O2/c1-4-7-16-18-12-10-14(20-2)15(21-3)11-13(12)19(16)9-6-5-8-17/h10-11H,4-9,17H2,1-3H3. The summed E-state index contributed by atoms with van der Waals surface area (Å²) in [6.45, 7) is 3.84. The molecule has 21 heavy (non-hydrogen) atoms.